The van der Waals surface area contributed by atoms with Gasteiger partial charge in [-0.05, 0) is 49.7 Å². The Morgan fingerprint density at radius 3 is 2.70 bits per heavy atom. The highest BCUT2D eigenvalue weighted by atomic mass is 16.3. The van der Waals surface area contributed by atoms with Gasteiger partial charge in [0.15, 0.2) is 0 Å². The van der Waals surface area contributed by atoms with E-state index in [0.717, 1.165) is 30.8 Å². The second-order valence-electron chi connectivity index (χ2n) is 7.03. The monoisotopic (exact) mass is 276 g/mol. The van der Waals surface area contributed by atoms with Crippen LogP contribution in [0, 0.1) is 11.8 Å². The molecule has 112 valence electrons. The average molecular weight is 276 g/mol. The number of nitrogens with two attached hydrogens (primary N) is 1. The SMILES string of the molecule is CC1CCC(C)C(CN)(N(Cc2ccco2)C2CC2)C1. The van der Waals surface area contributed by atoms with Crippen molar-refractivity contribution in [2.75, 3.05) is 6.54 Å². The molecule has 0 spiro atoms. The van der Waals surface area contributed by atoms with Gasteiger partial charge in [-0.25, -0.2) is 0 Å². The van der Waals surface area contributed by atoms with E-state index in [0.29, 0.717) is 5.92 Å². The van der Waals surface area contributed by atoms with Gasteiger partial charge in [0.1, 0.15) is 5.76 Å². The van der Waals surface area contributed by atoms with Crippen LogP contribution in [0.4, 0.5) is 0 Å². The van der Waals surface area contributed by atoms with Gasteiger partial charge in [0.05, 0.1) is 12.8 Å². The molecule has 0 radical (unpaired) electrons. The first-order valence-electron chi connectivity index (χ1n) is 8.15. The maximum absolute atomic E-state index is 6.31. The van der Waals surface area contributed by atoms with Crippen molar-refractivity contribution < 1.29 is 4.42 Å². The molecule has 0 amide bonds. The summed E-state index contributed by atoms with van der Waals surface area (Å²) in [5.41, 5.74) is 6.49. The summed E-state index contributed by atoms with van der Waals surface area (Å²) < 4.78 is 5.60. The van der Waals surface area contributed by atoms with Crippen LogP contribution in [0.15, 0.2) is 22.8 Å². The third-order valence-electron chi connectivity index (χ3n) is 5.53. The van der Waals surface area contributed by atoms with E-state index < -0.39 is 0 Å². The molecule has 3 heteroatoms. The quantitative estimate of drug-likeness (QED) is 0.896. The molecule has 1 aromatic rings. The molecule has 2 N–H and O–H groups in total. The van der Waals surface area contributed by atoms with Crippen molar-refractivity contribution >= 4 is 0 Å². The molecule has 0 aliphatic heterocycles. The van der Waals surface area contributed by atoms with Gasteiger partial charge in [-0.3, -0.25) is 4.90 Å². The molecule has 2 aliphatic carbocycles. The van der Waals surface area contributed by atoms with Gasteiger partial charge < -0.3 is 10.2 Å². The third-order valence-corrected chi connectivity index (χ3v) is 5.53. The maximum Gasteiger partial charge on any atom is 0.117 e. The van der Waals surface area contributed by atoms with E-state index in [1.807, 2.05) is 6.07 Å². The molecule has 3 nitrogen and oxygen atoms in total. The van der Waals surface area contributed by atoms with Crippen LogP contribution in [-0.4, -0.2) is 23.0 Å². The average Bonchev–Trinajstić information content (AvgIpc) is 3.16. The van der Waals surface area contributed by atoms with Gasteiger partial charge >= 0.3 is 0 Å². The van der Waals surface area contributed by atoms with Crippen molar-refractivity contribution in [3.8, 4) is 0 Å². The highest BCUT2D eigenvalue weighted by Crippen LogP contribution is 2.45. The van der Waals surface area contributed by atoms with Crippen LogP contribution in [0.5, 0.6) is 0 Å². The van der Waals surface area contributed by atoms with E-state index in [1.54, 1.807) is 6.26 Å². The minimum absolute atomic E-state index is 0.172. The predicted octanol–water partition coefficient (Wildman–Crippen LogP) is 3.40. The first-order chi connectivity index (χ1) is 9.65. The van der Waals surface area contributed by atoms with Crippen LogP contribution in [0.1, 0.15) is 51.7 Å². The normalized spacial score (nSPS) is 34.6. The maximum atomic E-state index is 6.31. The molecule has 3 atom stereocenters. The van der Waals surface area contributed by atoms with Gasteiger partial charge in [-0.2, -0.15) is 0 Å². The first kappa shape index (κ1) is 14.2. The van der Waals surface area contributed by atoms with E-state index in [-0.39, 0.29) is 5.54 Å². The molecule has 2 aliphatic rings. The standard InChI is InChI=1S/C17H28N2O/c1-13-5-6-14(2)17(10-13,12-18)19(15-7-8-15)11-16-4-3-9-20-16/h3-4,9,13-15H,5-8,10-12,18H2,1-2H3. The van der Waals surface area contributed by atoms with Gasteiger partial charge in [0.25, 0.3) is 0 Å². The summed E-state index contributed by atoms with van der Waals surface area (Å²) in [6.07, 6.45) is 8.32. The summed E-state index contributed by atoms with van der Waals surface area (Å²) in [5, 5.41) is 0. The second kappa shape index (κ2) is 5.53. The zero-order valence-corrected chi connectivity index (χ0v) is 12.8. The van der Waals surface area contributed by atoms with Gasteiger partial charge in [0.2, 0.25) is 0 Å². The Labute approximate surface area is 122 Å². The van der Waals surface area contributed by atoms with Crippen LogP contribution in [0.2, 0.25) is 0 Å². The van der Waals surface area contributed by atoms with E-state index in [9.17, 15) is 0 Å². The Morgan fingerprint density at radius 1 is 1.30 bits per heavy atom. The van der Waals surface area contributed by atoms with Gasteiger partial charge in [-0.15, -0.1) is 0 Å². The van der Waals surface area contributed by atoms with Gasteiger partial charge in [-0.1, -0.05) is 20.3 Å². The van der Waals surface area contributed by atoms with Crippen molar-refractivity contribution in [1.29, 1.82) is 0 Å². The Bertz CT molecular complexity index is 426. The molecule has 0 bridgehead atoms. The second-order valence-corrected chi connectivity index (χ2v) is 7.03. The lowest BCUT2D eigenvalue weighted by molar-refractivity contribution is -0.0199. The molecular formula is C17H28N2O. The lowest BCUT2D eigenvalue weighted by atomic mass is 9.68. The van der Waals surface area contributed by atoms with Crippen LogP contribution in [-0.2, 0) is 6.54 Å². The highest BCUT2D eigenvalue weighted by molar-refractivity contribution is 5.08. The number of furan rings is 1. The molecular weight excluding hydrogens is 248 g/mol. The zero-order chi connectivity index (χ0) is 14.2. The topological polar surface area (TPSA) is 42.4 Å². The third kappa shape index (κ3) is 2.53. The van der Waals surface area contributed by atoms with Crippen molar-refractivity contribution in [3.05, 3.63) is 24.2 Å². The molecule has 0 saturated heterocycles. The number of hydrogen-bond acceptors (Lipinski definition) is 3. The largest absolute Gasteiger partial charge is 0.468 e. The van der Waals surface area contributed by atoms with Crippen molar-refractivity contribution in [2.24, 2.45) is 17.6 Å². The number of nitrogens with zero attached hydrogens (tertiary/aromatic N) is 1. The summed E-state index contributed by atoms with van der Waals surface area (Å²) >= 11 is 0. The molecule has 0 aromatic carbocycles. The Kier molecular flexibility index (Phi) is 3.91. The van der Waals surface area contributed by atoms with Crippen molar-refractivity contribution in [1.82, 2.24) is 4.90 Å². The fourth-order valence-electron chi connectivity index (χ4n) is 4.12. The van der Waals surface area contributed by atoms with E-state index >= 15 is 0 Å². The Morgan fingerprint density at radius 2 is 2.10 bits per heavy atom. The van der Waals surface area contributed by atoms with Gasteiger partial charge in [0, 0.05) is 18.1 Å². The number of rotatable bonds is 5. The predicted molar refractivity (Wildman–Crippen MR) is 81.2 cm³/mol. The van der Waals surface area contributed by atoms with E-state index in [1.165, 1.54) is 32.1 Å². The smallest absolute Gasteiger partial charge is 0.117 e. The molecule has 20 heavy (non-hydrogen) atoms. The molecule has 3 unspecified atom stereocenters. The van der Waals surface area contributed by atoms with E-state index in [2.05, 4.69) is 24.8 Å². The summed E-state index contributed by atoms with van der Waals surface area (Å²) in [4.78, 5) is 2.69. The summed E-state index contributed by atoms with van der Waals surface area (Å²) in [6, 6.07) is 4.80. The van der Waals surface area contributed by atoms with Crippen LogP contribution in [0.3, 0.4) is 0 Å². The lowest BCUT2D eigenvalue weighted by Crippen LogP contribution is -2.60. The van der Waals surface area contributed by atoms with Crippen LogP contribution in [0.25, 0.3) is 0 Å². The van der Waals surface area contributed by atoms with Crippen molar-refractivity contribution in [3.63, 3.8) is 0 Å². The minimum atomic E-state index is 0.172. The van der Waals surface area contributed by atoms with Crippen LogP contribution >= 0.6 is 0 Å². The minimum Gasteiger partial charge on any atom is -0.468 e. The van der Waals surface area contributed by atoms with Crippen LogP contribution < -0.4 is 5.73 Å². The summed E-state index contributed by atoms with van der Waals surface area (Å²) in [5.74, 6) is 2.54. The molecule has 1 heterocycles. The Balaban J connectivity index is 1.86. The lowest BCUT2D eigenvalue weighted by Gasteiger charge is -2.52. The first-order valence-corrected chi connectivity index (χ1v) is 8.15. The zero-order valence-electron chi connectivity index (χ0n) is 12.8. The highest BCUT2D eigenvalue weighted by Gasteiger charge is 2.49. The summed E-state index contributed by atoms with van der Waals surface area (Å²) in [7, 11) is 0. The molecule has 2 saturated carbocycles. The summed E-state index contributed by atoms with van der Waals surface area (Å²) in [6.45, 7) is 6.48. The Hall–Kier alpha value is -0.800. The molecule has 3 rings (SSSR count). The fourth-order valence-corrected chi connectivity index (χ4v) is 4.12. The number of hydrogen-bond donors (Lipinski definition) is 1. The fraction of sp³-hybridized carbons (Fsp3) is 0.765. The van der Waals surface area contributed by atoms with Crippen molar-refractivity contribution in [2.45, 2.75) is 64.1 Å². The van der Waals surface area contributed by atoms with E-state index in [4.69, 9.17) is 10.2 Å². The molecule has 2 fully saturated rings. The molecule has 1 aromatic heterocycles.